The van der Waals surface area contributed by atoms with E-state index < -0.39 is 7.82 Å². The van der Waals surface area contributed by atoms with Gasteiger partial charge in [0.05, 0.1) is 0 Å². The van der Waals surface area contributed by atoms with E-state index in [0.29, 0.717) is 0 Å². The van der Waals surface area contributed by atoms with Crippen LogP contribution in [0.15, 0.2) is 0 Å². The van der Waals surface area contributed by atoms with Crippen molar-refractivity contribution < 1.29 is 24.7 Å². The second kappa shape index (κ2) is 5.14. The normalized spacial score (nSPS) is 8.43. The number of phosphoric acid groups is 1. The maximum atomic E-state index is 8.55. The van der Waals surface area contributed by atoms with Crippen LogP contribution >= 0.6 is 7.82 Å². The topological polar surface area (TPSA) is 116 Å². The van der Waals surface area contributed by atoms with Gasteiger partial charge in [-0.2, -0.15) is 7.82 Å². The van der Waals surface area contributed by atoms with Gasteiger partial charge < -0.3 is 24.7 Å². The van der Waals surface area contributed by atoms with Gasteiger partial charge in [-0.3, -0.25) is 0 Å². The summed E-state index contributed by atoms with van der Waals surface area (Å²) in [6.07, 6.45) is 0. The van der Waals surface area contributed by atoms with Crippen molar-refractivity contribution in [2.45, 2.75) is 0 Å². The monoisotopic (exact) mass is 320 g/mol. The Bertz CT molecular complexity index is 54.2. The van der Waals surface area contributed by atoms with Crippen LogP contribution in [-0.2, 0) is 4.57 Å². The van der Waals surface area contributed by atoms with Crippen molar-refractivity contribution in [3.05, 3.63) is 0 Å². The van der Waals surface area contributed by atoms with Crippen molar-refractivity contribution in [3.63, 3.8) is 0 Å². The van der Waals surface area contributed by atoms with Gasteiger partial charge in [0.15, 0.2) is 0 Å². The molecule has 0 unspecified atom stereocenters. The molecule has 0 aromatic carbocycles. The number of rotatable bonds is 0. The van der Waals surface area contributed by atoms with Gasteiger partial charge in [0.1, 0.15) is 0 Å². The minimum Gasteiger partial charge on any atom is -0.870 e. The molecule has 0 atom stereocenters. The first-order valence-electron chi connectivity index (χ1n) is 0.730. The van der Waals surface area contributed by atoms with Crippen LogP contribution in [0.2, 0.25) is 0 Å². The Morgan fingerprint density at radius 2 is 1.14 bits per heavy atom. The molecule has 0 fully saturated rings. The quantitative estimate of drug-likeness (QED) is 0.341. The molecule has 0 aliphatic heterocycles. The van der Waals surface area contributed by atoms with E-state index in [0.717, 1.165) is 0 Å². The maximum Gasteiger partial charge on any atom is 0 e. The maximum absolute atomic E-state index is 8.55. The molecule has 0 aromatic heterocycles. The minimum atomic E-state index is -5.39. The third-order valence-electron chi connectivity index (χ3n) is 0. The Balaban J connectivity index is -0.0000000800. The molecule has 0 saturated heterocycles. The average molecular weight is 319 g/mol. The van der Waals surface area contributed by atoms with E-state index in [1.54, 1.807) is 0 Å². The second-order valence-corrected chi connectivity index (χ2v) is 1.34. The molecule has 7 heteroatoms. The molecule has 0 spiro atoms. The van der Waals surface area contributed by atoms with Crippen molar-refractivity contribution in [2.24, 2.45) is 0 Å². The molecule has 0 aliphatic carbocycles. The van der Waals surface area contributed by atoms with Gasteiger partial charge in [0.25, 0.3) is 0 Å². The first-order chi connectivity index (χ1) is 2.00. The SMILES string of the molecule is O=P([O-])([O-])[O-].[OH-].[Pb]. The van der Waals surface area contributed by atoms with E-state index >= 15 is 0 Å². The molecule has 0 saturated carbocycles. The van der Waals surface area contributed by atoms with Gasteiger partial charge in [-0.25, -0.2) is 0 Å². The van der Waals surface area contributed by atoms with E-state index in [-0.39, 0.29) is 32.8 Å². The third-order valence-corrected chi connectivity index (χ3v) is 0. The van der Waals surface area contributed by atoms with Crippen molar-refractivity contribution >= 4 is 35.1 Å². The summed E-state index contributed by atoms with van der Waals surface area (Å²) in [4.78, 5) is 25.6. The van der Waals surface area contributed by atoms with E-state index in [1.165, 1.54) is 0 Å². The first kappa shape index (κ1) is 15.7. The zero-order valence-corrected chi connectivity index (χ0v) is 7.81. The fourth-order valence-corrected chi connectivity index (χ4v) is 0. The van der Waals surface area contributed by atoms with Crippen LogP contribution in [0.25, 0.3) is 0 Å². The van der Waals surface area contributed by atoms with Gasteiger partial charge in [0.2, 0.25) is 0 Å². The summed E-state index contributed by atoms with van der Waals surface area (Å²) in [6, 6.07) is 0. The fraction of sp³-hybridized carbons (Fsp3) is 0. The van der Waals surface area contributed by atoms with Gasteiger partial charge in [-0.15, -0.1) is 0 Å². The summed E-state index contributed by atoms with van der Waals surface area (Å²) in [5.41, 5.74) is 0. The molecular weight excluding hydrogens is 318 g/mol. The molecule has 4 radical (unpaired) electrons. The molecule has 0 aliphatic rings. The Morgan fingerprint density at radius 1 is 1.14 bits per heavy atom. The summed E-state index contributed by atoms with van der Waals surface area (Å²) in [6.45, 7) is 0. The summed E-state index contributed by atoms with van der Waals surface area (Å²) in [5, 5.41) is 0. The summed E-state index contributed by atoms with van der Waals surface area (Å²) >= 11 is 0. The molecule has 0 amide bonds. The van der Waals surface area contributed by atoms with E-state index in [2.05, 4.69) is 0 Å². The Morgan fingerprint density at radius 3 is 1.14 bits per heavy atom. The fourth-order valence-electron chi connectivity index (χ4n) is 0. The van der Waals surface area contributed by atoms with Crippen LogP contribution in [0.4, 0.5) is 0 Å². The zero-order valence-electron chi connectivity index (χ0n) is 3.03. The van der Waals surface area contributed by atoms with Crippen molar-refractivity contribution in [1.82, 2.24) is 0 Å². The zero-order chi connectivity index (χ0) is 4.50. The summed E-state index contributed by atoms with van der Waals surface area (Å²) in [7, 11) is -5.39. The van der Waals surface area contributed by atoms with Crippen LogP contribution in [0.3, 0.4) is 0 Å². The van der Waals surface area contributed by atoms with Gasteiger partial charge in [0, 0.05) is 27.3 Å². The first-order valence-corrected chi connectivity index (χ1v) is 2.19. The summed E-state index contributed by atoms with van der Waals surface area (Å²) < 4.78 is 8.55. The van der Waals surface area contributed by atoms with Gasteiger partial charge in [-0.05, 0) is 0 Å². The van der Waals surface area contributed by atoms with Crippen molar-refractivity contribution in [2.75, 3.05) is 0 Å². The van der Waals surface area contributed by atoms with Crippen molar-refractivity contribution in [3.8, 4) is 0 Å². The molecule has 0 heterocycles. The van der Waals surface area contributed by atoms with Crippen LogP contribution in [-0.4, -0.2) is 32.8 Å². The Kier molecular flexibility index (Phi) is 11.5. The number of hydrogen-bond acceptors (Lipinski definition) is 5. The Labute approximate surface area is 60.1 Å². The van der Waals surface area contributed by atoms with Gasteiger partial charge in [-0.1, -0.05) is 0 Å². The van der Waals surface area contributed by atoms with Crippen molar-refractivity contribution in [1.29, 1.82) is 0 Å². The van der Waals surface area contributed by atoms with Crippen LogP contribution in [0.1, 0.15) is 0 Å². The van der Waals surface area contributed by atoms with E-state index in [4.69, 9.17) is 19.2 Å². The molecule has 0 aromatic rings. The average Bonchev–Trinajstić information content (AvgIpc) is 0.722. The number of hydrogen-bond donors (Lipinski definition) is 0. The predicted molar refractivity (Wildman–Crippen MR) is 15.3 cm³/mol. The molecule has 0 rings (SSSR count). The van der Waals surface area contributed by atoms with Crippen LogP contribution in [0, 0.1) is 0 Å². The summed E-state index contributed by atoms with van der Waals surface area (Å²) in [5.74, 6) is 0. The van der Waals surface area contributed by atoms with Crippen LogP contribution in [0.5, 0.6) is 0 Å². The molecule has 7 heavy (non-hydrogen) atoms. The molecule has 0 bridgehead atoms. The molecule has 44 valence electrons. The van der Waals surface area contributed by atoms with Gasteiger partial charge >= 0.3 is 0 Å². The van der Waals surface area contributed by atoms with E-state index in [9.17, 15) is 0 Å². The molecular formula is HO5PPb-4. The smallest absolute Gasteiger partial charge is 0 e. The van der Waals surface area contributed by atoms with Crippen LogP contribution < -0.4 is 14.7 Å². The molecule has 1 N–H and O–H groups in total. The second-order valence-electron chi connectivity index (χ2n) is 0.447. The molecule has 5 nitrogen and oxygen atoms in total. The van der Waals surface area contributed by atoms with E-state index in [1.807, 2.05) is 0 Å². The third kappa shape index (κ3) is 177. The Hall–Kier alpha value is 0.992. The standard InChI is InChI=1S/H3O4P.H2O.Pb/c1-5(2,3)4;;/h(H3,1,2,3,4);1H2;/p-4. The largest absolute Gasteiger partial charge is 0.870 e. The predicted octanol–water partition coefficient (Wildman–Crippen LogP) is -3.38. The minimum absolute atomic E-state index is 0.